The molecule has 1 aromatic carbocycles. The van der Waals surface area contributed by atoms with E-state index >= 15 is 0 Å². The molecule has 1 aliphatic rings. The van der Waals surface area contributed by atoms with Crippen molar-refractivity contribution in [1.29, 1.82) is 0 Å². The third kappa shape index (κ3) is 2.04. The van der Waals surface area contributed by atoms with E-state index in [9.17, 15) is 0 Å². The fourth-order valence-corrected chi connectivity index (χ4v) is 2.39. The minimum Gasteiger partial charge on any atom is -0.312 e. The molecule has 0 spiro atoms. The molecule has 1 aromatic heterocycles. The van der Waals surface area contributed by atoms with Gasteiger partial charge in [-0.3, -0.25) is 0 Å². The molecule has 1 saturated heterocycles. The van der Waals surface area contributed by atoms with Crippen LogP contribution < -0.4 is 5.32 Å². The van der Waals surface area contributed by atoms with Gasteiger partial charge in [-0.15, -0.1) is 5.10 Å². The highest BCUT2D eigenvalue weighted by Gasteiger charge is 2.22. The summed E-state index contributed by atoms with van der Waals surface area (Å²) in [6.07, 6.45) is 1.74. The van der Waals surface area contributed by atoms with Gasteiger partial charge in [-0.25, -0.2) is 4.68 Å². The van der Waals surface area contributed by atoms with Crippen molar-refractivity contribution in [2.24, 2.45) is 0 Å². The molecule has 6 heteroatoms. The third-order valence-electron chi connectivity index (χ3n) is 2.84. The van der Waals surface area contributed by atoms with Crippen LogP contribution in [0, 0.1) is 0 Å². The van der Waals surface area contributed by atoms with E-state index in [0.717, 1.165) is 24.3 Å². The van der Waals surface area contributed by atoms with Gasteiger partial charge in [-0.2, -0.15) is 0 Å². The summed E-state index contributed by atoms with van der Waals surface area (Å²) >= 11 is 12.0. The maximum absolute atomic E-state index is 6.00. The maximum atomic E-state index is 6.00. The Labute approximate surface area is 109 Å². The first kappa shape index (κ1) is 11.0. The second kappa shape index (κ2) is 4.29. The average Bonchev–Trinajstić information content (AvgIpc) is 2.62. The number of nitrogens with one attached hydrogen (secondary N) is 1. The van der Waals surface area contributed by atoms with E-state index in [1.54, 1.807) is 12.3 Å². The fourth-order valence-electron chi connectivity index (χ4n) is 1.87. The monoisotopic (exact) mass is 268 g/mol. The molecule has 1 fully saturated rings. The molecule has 0 amide bonds. The second-order valence-corrected chi connectivity index (χ2v) is 4.91. The molecule has 4 nitrogen and oxygen atoms in total. The molecule has 0 bridgehead atoms. The summed E-state index contributed by atoms with van der Waals surface area (Å²) in [5, 5.41) is 12.5. The van der Waals surface area contributed by atoms with Crippen LogP contribution >= 0.6 is 23.2 Å². The first-order valence-electron chi connectivity index (χ1n) is 5.31. The molecule has 1 N–H and O–H groups in total. The predicted octanol–water partition coefficient (Wildman–Crippen LogP) is 2.40. The van der Waals surface area contributed by atoms with E-state index in [2.05, 4.69) is 15.6 Å². The Morgan fingerprint density at radius 3 is 2.47 bits per heavy atom. The number of hydrogen-bond donors (Lipinski definition) is 1. The van der Waals surface area contributed by atoms with E-state index in [1.165, 1.54) is 0 Å². The van der Waals surface area contributed by atoms with Gasteiger partial charge in [-0.05, 0) is 18.2 Å². The van der Waals surface area contributed by atoms with Gasteiger partial charge in [0.05, 0.1) is 17.9 Å². The van der Waals surface area contributed by atoms with Gasteiger partial charge >= 0.3 is 0 Å². The summed E-state index contributed by atoms with van der Waals surface area (Å²) in [5.74, 6) is 0. The lowest BCUT2D eigenvalue weighted by molar-refractivity contribution is 0.315. The van der Waals surface area contributed by atoms with Crippen LogP contribution in [0.3, 0.4) is 0 Å². The SMILES string of the molecule is Clc1cc(Cl)cc(-c2cnnn2C2CNC2)c1. The number of halogens is 2. The molecule has 0 unspecified atom stereocenters. The minimum atomic E-state index is 0.366. The summed E-state index contributed by atoms with van der Waals surface area (Å²) in [6, 6.07) is 5.82. The Morgan fingerprint density at radius 2 is 1.88 bits per heavy atom. The summed E-state index contributed by atoms with van der Waals surface area (Å²) < 4.78 is 1.92. The highest BCUT2D eigenvalue weighted by Crippen LogP contribution is 2.28. The first-order valence-corrected chi connectivity index (χ1v) is 6.07. The van der Waals surface area contributed by atoms with Gasteiger partial charge in [0.2, 0.25) is 0 Å². The number of aromatic nitrogens is 3. The fraction of sp³-hybridized carbons (Fsp3) is 0.273. The molecule has 0 radical (unpaired) electrons. The number of hydrogen-bond acceptors (Lipinski definition) is 3. The molecule has 3 rings (SSSR count). The summed E-state index contributed by atoms with van der Waals surface area (Å²) in [7, 11) is 0. The number of rotatable bonds is 2. The number of nitrogens with zero attached hydrogens (tertiary/aromatic N) is 3. The average molecular weight is 269 g/mol. The highest BCUT2D eigenvalue weighted by molar-refractivity contribution is 6.35. The molecule has 2 heterocycles. The van der Waals surface area contributed by atoms with Crippen LogP contribution in [0.4, 0.5) is 0 Å². The lowest BCUT2D eigenvalue weighted by atomic mass is 10.1. The Balaban J connectivity index is 2.05. The molecule has 17 heavy (non-hydrogen) atoms. The molecule has 2 aromatic rings. The highest BCUT2D eigenvalue weighted by atomic mass is 35.5. The van der Waals surface area contributed by atoms with E-state index < -0.39 is 0 Å². The van der Waals surface area contributed by atoms with Crippen LogP contribution in [0.25, 0.3) is 11.3 Å². The zero-order valence-corrected chi connectivity index (χ0v) is 10.4. The van der Waals surface area contributed by atoms with E-state index in [0.29, 0.717) is 16.1 Å². The maximum Gasteiger partial charge on any atom is 0.0891 e. The molecule has 1 aliphatic heterocycles. The van der Waals surface area contributed by atoms with Crippen molar-refractivity contribution in [3.8, 4) is 11.3 Å². The molecule has 88 valence electrons. The largest absolute Gasteiger partial charge is 0.312 e. The van der Waals surface area contributed by atoms with Gasteiger partial charge < -0.3 is 5.32 Å². The molecule has 0 atom stereocenters. The minimum absolute atomic E-state index is 0.366. The van der Waals surface area contributed by atoms with Crippen molar-refractivity contribution in [3.05, 3.63) is 34.4 Å². The third-order valence-corrected chi connectivity index (χ3v) is 3.28. The van der Waals surface area contributed by atoms with Gasteiger partial charge in [0.15, 0.2) is 0 Å². The van der Waals surface area contributed by atoms with Crippen LogP contribution in [-0.4, -0.2) is 28.1 Å². The first-order chi connectivity index (χ1) is 8.24. The zero-order chi connectivity index (χ0) is 11.8. The van der Waals surface area contributed by atoms with E-state index in [4.69, 9.17) is 23.2 Å². The quantitative estimate of drug-likeness (QED) is 0.910. The smallest absolute Gasteiger partial charge is 0.0891 e. The second-order valence-electron chi connectivity index (χ2n) is 4.03. The Morgan fingerprint density at radius 1 is 1.18 bits per heavy atom. The van der Waals surface area contributed by atoms with Crippen molar-refractivity contribution >= 4 is 23.2 Å². The van der Waals surface area contributed by atoms with E-state index in [1.807, 2.05) is 16.8 Å². The Bertz CT molecular complexity index is 528. The summed E-state index contributed by atoms with van der Waals surface area (Å²) in [5.41, 5.74) is 1.89. The van der Waals surface area contributed by atoms with Gasteiger partial charge in [0, 0.05) is 28.7 Å². The van der Waals surface area contributed by atoms with Crippen molar-refractivity contribution in [2.45, 2.75) is 6.04 Å². The Kier molecular flexibility index (Phi) is 2.78. The molecular formula is C11H10Cl2N4. The van der Waals surface area contributed by atoms with Crippen LogP contribution in [0.2, 0.25) is 10.0 Å². The van der Waals surface area contributed by atoms with Crippen molar-refractivity contribution in [2.75, 3.05) is 13.1 Å². The van der Waals surface area contributed by atoms with Crippen LogP contribution in [0.15, 0.2) is 24.4 Å². The van der Waals surface area contributed by atoms with E-state index in [-0.39, 0.29) is 0 Å². The molecule has 0 aliphatic carbocycles. The van der Waals surface area contributed by atoms with Crippen molar-refractivity contribution in [1.82, 2.24) is 20.3 Å². The standard InChI is InChI=1S/C11H10Cl2N4/c12-8-1-7(2-9(13)3-8)11-6-15-16-17(11)10-4-14-5-10/h1-3,6,10,14H,4-5H2. The van der Waals surface area contributed by atoms with Crippen molar-refractivity contribution < 1.29 is 0 Å². The van der Waals surface area contributed by atoms with Gasteiger partial charge in [-0.1, -0.05) is 28.4 Å². The normalized spacial score (nSPS) is 15.9. The zero-order valence-electron chi connectivity index (χ0n) is 8.90. The molecular weight excluding hydrogens is 259 g/mol. The van der Waals surface area contributed by atoms with Crippen molar-refractivity contribution in [3.63, 3.8) is 0 Å². The molecule has 0 saturated carbocycles. The van der Waals surface area contributed by atoms with Crippen LogP contribution in [-0.2, 0) is 0 Å². The predicted molar refractivity (Wildman–Crippen MR) is 67.4 cm³/mol. The van der Waals surface area contributed by atoms with Gasteiger partial charge in [0.1, 0.15) is 0 Å². The summed E-state index contributed by atoms with van der Waals surface area (Å²) in [6.45, 7) is 1.84. The van der Waals surface area contributed by atoms with Crippen LogP contribution in [0.1, 0.15) is 6.04 Å². The lowest BCUT2D eigenvalue weighted by Gasteiger charge is -2.28. The topological polar surface area (TPSA) is 42.7 Å². The van der Waals surface area contributed by atoms with Gasteiger partial charge in [0.25, 0.3) is 0 Å². The van der Waals surface area contributed by atoms with Crippen LogP contribution in [0.5, 0.6) is 0 Å². The Hall–Kier alpha value is -1.10. The number of benzene rings is 1. The summed E-state index contributed by atoms with van der Waals surface area (Å²) in [4.78, 5) is 0. The lowest BCUT2D eigenvalue weighted by Crippen LogP contribution is -2.44.